The Hall–Kier alpha value is -3.02. The first-order valence-electron chi connectivity index (χ1n) is 10.0. The maximum Gasteiger partial charge on any atom is 0.337 e. The Balaban J connectivity index is 1.91. The fourth-order valence-electron chi connectivity index (χ4n) is 4.00. The molecular formula is C23H24FN3O2. The lowest BCUT2D eigenvalue weighted by Gasteiger charge is -2.37. The zero-order chi connectivity index (χ0) is 20.4. The number of hydrogen-bond donors (Lipinski definition) is 0. The van der Waals surface area contributed by atoms with Gasteiger partial charge in [0, 0.05) is 18.2 Å². The number of ether oxygens (including phenoxy) is 1. The van der Waals surface area contributed by atoms with Gasteiger partial charge in [-0.15, -0.1) is 0 Å². The summed E-state index contributed by atoms with van der Waals surface area (Å²) in [5.41, 5.74) is 3.34. The third-order valence-corrected chi connectivity index (χ3v) is 5.56. The first-order chi connectivity index (χ1) is 14.1. The van der Waals surface area contributed by atoms with Crippen LogP contribution in [0.4, 0.5) is 10.2 Å². The van der Waals surface area contributed by atoms with Gasteiger partial charge in [-0.05, 0) is 68.1 Å². The second kappa shape index (κ2) is 8.15. The minimum atomic E-state index is -0.401. The summed E-state index contributed by atoms with van der Waals surface area (Å²) >= 11 is 0. The number of fused-ring (bicyclic) bond motifs is 1. The molecule has 3 aromatic rings. The topological polar surface area (TPSA) is 55.3 Å². The molecule has 1 aromatic heterocycles. The van der Waals surface area contributed by atoms with Crippen molar-refractivity contribution in [3.8, 4) is 11.3 Å². The number of esters is 1. The van der Waals surface area contributed by atoms with Crippen LogP contribution in [0.3, 0.4) is 0 Å². The van der Waals surface area contributed by atoms with Crippen molar-refractivity contribution < 1.29 is 13.9 Å². The molecule has 2 aromatic carbocycles. The van der Waals surface area contributed by atoms with E-state index in [1.165, 1.54) is 25.7 Å². The third-order valence-electron chi connectivity index (χ3n) is 5.56. The summed E-state index contributed by atoms with van der Waals surface area (Å²) in [4.78, 5) is 24.1. The number of aromatic nitrogens is 2. The first-order valence-corrected chi connectivity index (χ1v) is 10.0. The molecule has 1 unspecified atom stereocenters. The average molecular weight is 393 g/mol. The molecule has 0 saturated carbocycles. The van der Waals surface area contributed by atoms with Gasteiger partial charge in [-0.1, -0.05) is 6.92 Å². The predicted molar refractivity (Wildman–Crippen MR) is 112 cm³/mol. The van der Waals surface area contributed by atoms with E-state index in [2.05, 4.69) is 11.8 Å². The molecule has 2 heterocycles. The molecule has 6 heteroatoms. The van der Waals surface area contributed by atoms with Crippen molar-refractivity contribution in [2.45, 2.75) is 38.6 Å². The minimum Gasteiger partial charge on any atom is -0.465 e. The fraction of sp³-hybridized carbons (Fsp3) is 0.348. The summed E-state index contributed by atoms with van der Waals surface area (Å²) in [6.07, 6.45) is 4.43. The molecule has 5 nitrogen and oxygen atoms in total. The van der Waals surface area contributed by atoms with Crippen LogP contribution in [-0.4, -0.2) is 35.6 Å². The van der Waals surface area contributed by atoms with E-state index in [9.17, 15) is 9.18 Å². The Morgan fingerprint density at radius 2 is 1.93 bits per heavy atom. The lowest BCUT2D eigenvalue weighted by Crippen LogP contribution is -2.40. The summed E-state index contributed by atoms with van der Waals surface area (Å²) in [5, 5.41) is 0. The molecule has 1 aliphatic rings. The third kappa shape index (κ3) is 3.79. The molecule has 1 aliphatic heterocycles. The molecule has 1 atom stereocenters. The van der Waals surface area contributed by atoms with Crippen LogP contribution in [0.25, 0.3) is 22.3 Å². The fourth-order valence-corrected chi connectivity index (χ4v) is 4.00. The van der Waals surface area contributed by atoms with Crippen molar-refractivity contribution in [2.75, 3.05) is 18.6 Å². The van der Waals surface area contributed by atoms with E-state index in [-0.39, 0.29) is 5.82 Å². The highest BCUT2D eigenvalue weighted by molar-refractivity contribution is 5.94. The number of piperidine rings is 1. The molecule has 0 spiro atoms. The number of nitrogens with zero attached hydrogens (tertiary/aromatic N) is 3. The van der Waals surface area contributed by atoms with E-state index in [4.69, 9.17) is 14.7 Å². The van der Waals surface area contributed by atoms with E-state index in [0.29, 0.717) is 22.6 Å². The number of hydrogen-bond acceptors (Lipinski definition) is 5. The molecule has 1 fully saturated rings. The van der Waals surface area contributed by atoms with Crippen LogP contribution in [-0.2, 0) is 4.74 Å². The van der Waals surface area contributed by atoms with Gasteiger partial charge < -0.3 is 9.64 Å². The van der Waals surface area contributed by atoms with E-state index in [1.807, 2.05) is 0 Å². The van der Waals surface area contributed by atoms with Gasteiger partial charge in [-0.25, -0.2) is 19.2 Å². The van der Waals surface area contributed by atoms with Gasteiger partial charge in [0.25, 0.3) is 0 Å². The average Bonchev–Trinajstić information content (AvgIpc) is 2.77. The maximum atomic E-state index is 13.5. The van der Waals surface area contributed by atoms with Gasteiger partial charge in [0.1, 0.15) is 11.5 Å². The first kappa shape index (κ1) is 19.3. The Kier molecular flexibility index (Phi) is 5.43. The number of carbonyl (C=O) groups excluding carboxylic acids is 1. The second-order valence-corrected chi connectivity index (χ2v) is 7.35. The molecule has 0 N–H and O–H groups in total. The summed E-state index contributed by atoms with van der Waals surface area (Å²) in [6.45, 7) is 3.09. The molecular weight excluding hydrogens is 369 g/mol. The van der Waals surface area contributed by atoms with Gasteiger partial charge in [-0.3, -0.25) is 0 Å². The molecule has 150 valence electrons. The number of halogens is 1. The number of anilines is 1. The van der Waals surface area contributed by atoms with Crippen molar-refractivity contribution in [1.29, 1.82) is 0 Å². The quantitative estimate of drug-likeness (QED) is 0.585. The smallest absolute Gasteiger partial charge is 0.337 e. The molecule has 0 aliphatic carbocycles. The SMILES string of the molecule is CCC1CCCCN1c1nc2cc(C(=O)OC)ccc2nc1-c1ccc(F)cc1. The van der Waals surface area contributed by atoms with Crippen molar-refractivity contribution in [2.24, 2.45) is 0 Å². The molecule has 0 radical (unpaired) electrons. The summed E-state index contributed by atoms with van der Waals surface area (Å²) in [7, 11) is 1.36. The summed E-state index contributed by atoms with van der Waals surface area (Å²) < 4.78 is 18.3. The molecule has 0 bridgehead atoms. The zero-order valence-corrected chi connectivity index (χ0v) is 16.7. The van der Waals surface area contributed by atoms with Gasteiger partial charge >= 0.3 is 5.97 Å². The molecule has 1 saturated heterocycles. The number of rotatable bonds is 4. The highest BCUT2D eigenvalue weighted by Gasteiger charge is 2.26. The Morgan fingerprint density at radius 3 is 2.66 bits per heavy atom. The number of methoxy groups -OCH3 is 1. The van der Waals surface area contributed by atoms with Gasteiger partial charge in [0.15, 0.2) is 5.82 Å². The second-order valence-electron chi connectivity index (χ2n) is 7.35. The van der Waals surface area contributed by atoms with E-state index < -0.39 is 5.97 Å². The highest BCUT2D eigenvalue weighted by Crippen LogP contribution is 2.34. The summed E-state index contributed by atoms with van der Waals surface area (Å²) in [6, 6.07) is 11.9. The minimum absolute atomic E-state index is 0.281. The van der Waals surface area contributed by atoms with Crippen molar-refractivity contribution in [3.63, 3.8) is 0 Å². The van der Waals surface area contributed by atoms with Gasteiger partial charge in [-0.2, -0.15) is 0 Å². The van der Waals surface area contributed by atoms with Crippen LogP contribution >= 0.6 is 0 Å². The Morgan fingerprint density at radius 1 is 1.14 bits per heavy atom. The van der Waals surface area contributed by atoms with Gasteiger partial charge in [0.05, 0.1) is 23.7 Å². The van der Waals surface area contributed by atoms with Crippen molar-refractivity contribution in [1.82, 2.24) is 9.97 Å². The van der Waals surface area contributed by atoms with Crippen LogP contribution in [0, 0.1) is 5.82 Å². The van der Waals surface area contributed by atoms with Crippen LogP contribution in [0.2, 0.25) is 0 Å². The molecule has 0 amide bonds. The van der Waals surface area contributed by atoms with Crippen LogP contribution in [0.1, 0.15) is 43.0 Å². The monoisotopic (exact) mass is 393 g/mol. The Labute approximate surface area is 169 Å². The largest absolute Gasteiger partial charge is 0.465 e. The molecule has 4 rings (SSSR count). The van der Waals surface area contributed by atoms with E-state index in [1.54, 1.807) is 30.3 Å². The van der Waals surface area contributed by atoms with Crippen LogP contribution in [0.5, 0.6) is 0 Å². The standard InChI is InChI=1S/C23H24FN3O2/c1-3-18-6-4-5-13-27(18)22-21(15-7-10-17(24)11-8-15)25-19-12-9-16(23(28)29-2)14-20(19)26-22/h7-12,14,18H,3-6,13H2,1-2H3. The van der Waals surface area contributed by atoms with Crippen molar-refractivity contribution in [3.05, 3.63) is 53.8 Å². The number of benzene rings is 2. The van der Waals surface area contributed by atoms with Crippen LogP contribution in [0.15, 0.2) is 42.5 Å². The normalized spacial score (nSPS) is 16.8. The maximum absolute atomic E-state index is 13.5. The summed E-state index contributed by atoms with van der Waals surface area (Å²) in [5.74, 6) is 0.108. The van der Waals surface area contributed by atoms with E-state index >= 15 is 0 Å². The zero-order valence-electron chi connectivity index (χ0n) is 16.7. The number of carbonyl (C=O) groups is 1. The lowest BCUT2D eigenvalue weighted by atomic mass is 9.99. The predicted octanol–water partition coefficient (Wildman–Crippen LogP) is 4.99. The Bertz CT molecular complexity index is 1040. The van der Waals surface area contributed by atoms with Gasteiger partial charge in [0.2, 0.25) is 0 Å². The van der Waals surface area contributed by atoms with E-state index in [0.717, 1.165) is 42.9 Å². The lowest BCUT2D eigenvalue weighted by molar-refractivity contribution is 0.0601. The molecule has 29 heavy (non-hydrogen) atoms. The van der Waals surface area contributed by atoms with Crippen molar-refractivity contribution >= 4 is 22.8 Å². The highest BCUT2D eigenvalue weighted by atomic mass is 19.1. The van der Waals surface area contributed by atoms with Crippen LogP contribution < -0.4 is 4.90 Å².